The Bertz CT molecular complexity index is 487. The highest BCUT2D eigenvalue weighted by Crippen LogP contribution is 2.25. The summed E-state index contributed by atoms with van der Waals surface area (Å²) in [7, 11) is 0. The zero-order valence-electron chi connectivity index (χ0n) is 9.06. The third kappa shape index (κ3) is 3.73. The number of anilines is 1. The van der Waals surface area contributed by atoms with E-state index in [4.69, 9.17) is 5.84 Å². The second-order valence-electron chi connectivity index (χ2n) is 3.44. The lowest BCUT2D eigenvalue weighted by Crippen LogP contribution is -2.08. The van der Waals surface area contributed by atoms with Gasteiger partial charge in [-0.1, -0.05) is 28.1 Å². The van der Waals surface area contributed by atoms with E-state index in [1.807, 2.05) is 30.5 Å². The van der Waals surface area contributed by atoms with E-state index in [0.717, 1.165) is 10.2 Å². The van der Waals surface area contributed by atoms with Crippen LogP contribution < -0.4 is 11.3 Å². The van der Waals surface area contributed by atoms with E-state index < -0.39 is 0 Å². The summed E-state index contributed by atoms with van der Waals surface area (Å²) in [5.74, 6) is 6.84. The molecule has 0 spiro atoms. The first-order valence-corrected chi connectivity index (χ1v) is 6.86. The number of rotatable bonds is 4. The molecule has 17 heavy (non-hydrogen) atoms. The predicted molar refractivity (Wildman–Crippen MR) is 75.8 cm³/mol. The highest BCUT2D eigenvalue weighted by Gasteiger charge is 1.98. The van der Waals surface area contributed by atoms with Crippen molar-refractivity contribution in [1.82, 2.24) is 4.98 Å². The number of benzene rings is 1. The zero-order chi connectivity index (χ0) is 12.1. The predicted octanol–water partition coefficient (Wildman–Crippen LogP) is 3.42. The zero-order valence-corrected chi connectivity index (χ0v) is 11.5. The van der Waals surface area contributed by atoms with Crippen molar-refractivity contribution in [1.29, 1.82) is 0 Å². The van der Waals surface area contributed by atoms with E-state index in [2.05, 4.69) is 38.5 Å². The van der Waals surface area contributed by atoms with Crippen LogP contribution in [0.25, 0.3) is 0 Å². The largest absolute Gasteiger partial charge is 0.308 e. The van der Waals surface area contributed by atoms with E-state index in [1.54, 1.807) is 11.8 Å². The highest BCUT2D eigenvalue weighted by molar-refractivity contribution is 9.10. The maximum absolute atomic E-state index is 5.26. The molecule has 5 heteroatoms. The smallest absolute Gasteiger partial charge is 0.139 e. The average molecular weight is 310 g/mol. The van der Waals surface area contributed by atoms with Crippen molar-refractivity contribution in [3.05, 3.63) is 52.6 Å². The van der Waals surface area contributed by atoms with Crippen LogP contribution in [0.3, 0.4) is 0 Å². The standard InChI is InChI=1S/C12H12BrN3S/c13-10-2-1-3-11(6-10)17-8-9-4-5-12(16-14)15-7-9/h1-7H,8,14H2,(H,15,16). The summed E-state index contributed by atoms with van der Waals surface area (Å²) in [6.07, 6.45) is 1.83. The third-order valence-corrected chi connectivity index (χ3v) is 3.73. The summed E-state index contributed by atoms with van der Waals surface area (Å²) < 4.78 is 1.10. The van der Waals surface area contributed by atoms with E-state index in [0.29, 0.717) is 5.82 Å². The maximum atomic E-state index is 5.26. The minimum absolute atomic E-state index is 0.682. The Balaban J connectivity index is 1.97. The number of hydrogen-bond donors (Lipinski definition) is 2. The van der Waals surface area contributed by atoms with Crippen molar-refractivity contribution in [3.8, 4) is 0 Å². The minimum atomic E-state index is 0.682. The Morgan fingerprint density at radius 3 is 2.82 bits per heavy atom. The summed E-state index contributed by atoms with van der Waals surface area (Å²) >= 11 is 5.24. The van der Waals surface area contributed by atoms with Crippen molar-refractivity contribution < 1.29 is 0 Å². The molecule has 0 radical (unpaired) electrons. The van der Waals surface area contributed by atoms with Gasteiger partial charge in [0.25, 0.3) is 0 Å². The number of aromatic nitrogens is 1. The number of nitrogen functional groups attached to an aromatic ring is 1. The van der Waals surface area contributed by atoms with Crippen molar-refractivity contribution in [2.45, 2.75) is 10.6 Å². The molecule has 2 rings (SSSR count). The highest BCUT2D eigenvalue weighted by atomic mass is 79.9. The number of pyridine rings is 1. The van der Waals surface area contributed by atoms with E-state index >= 15 is 0 Å². The van der Waals surface area contributed by atoms with Gasteiger partial charge in [0.15, 0.2) is 0 Å². The van der Waals surface area contributed by atoms with Crippen LogP contribution >= 0.6 is 27.7 Å². The van der Waals surface area contributed by atoms with Crippen molar-refractivity contribution in [2.24, 2.45) is 5.84 Å². The first-order valence-electron chi connectivity index (χ1n) is 5.08. The number of nitrogens with zero attached hydrogens (tertiary/aromatic N) is 1. The maximum Gasteiger partial charge on any atom is 0.139 e. The van der Waals surface area contributed by atoms with Crippen LogP contribution in [-0.4, -0.2) is 4.98 Å². The number of hydrazine groups is 1. The molecule has 0 aliphatic heterocycles. The second-order valence-corrected chi connectivity index (χ2v) is 5.41. The normalized spacial score (nSPS) is 10.2. The molecule has 0 fully saturated rings. The summed E-state index contributed by atoms with van der Waals surface area (Å²) in [6.45, 7) is 0. The van der Waals surface area contributed by atoms with Crippen LogP contribution in [0, 0.1) is 0 Å². The fraction of sp³-hybridized carbons (Fsp3) is 0.0833. The van der Waals surface area contributed by atoms with Gasteiger partial charge in [0, 0.05) is 21.3 Å². The Morgan fingerprint density at radius 1 is 1.29 bits per heavy atom. The molecule has 0 atom stereocenters. The van der Waals surface area contributed by atoms with Crippen molar-refractivity contribution in [2.75, 3.05) is 5.43 Å². The number of nitrogens with two attached hydrogens (primary N) is 1. The molecule has 2 aromatic rings. The van der Waals surface area contributed by atoms with Crippen LogP contribution in [0.5, 0.6) is 0 Å². The topological polar surface area (TPSA) is 50.9 Å². The number of thioether (sulfide) groups is 1. The van der Waals surface area contributed by atoms with Gasteiger partial charge in [-0.15, -0.1) is 11.8 Å². The van der Waals surface area contributed by atoms with Gasteiger partial charge >= 0.3 is 0 Å². The molecule has 1 heterocycles. The van der Waals surface area contributed by atoms with Crippen LogP contribution in [0.1, 0.15) is 5.56 Å². The lowest BCUT2D eigenvalue weighted by Gasteiger charge is -2.03. The van der Waals surface area contributed by atoms with Gasteiger partial charge in [-0.05, 0) is 29.8 Å². The Labute approximate surface area is 113 Å². The van der Waals surface area contributed by atoms with Gasteiger partial charge in [0.1, 0.15) is 5.82 Å². The molecule has 0 aliphatic rings. The van der Waals surface area contributed by atoms with Gasteiger partial charge in [-0.3, -0.25) is 0 Å². The minimum Gasteiger partial charge on any atom is -0.308 e. The molecule has 0 unspecified atom stereocenters. The summed E-state index contributed by atoms with van der Waals surface area (Å²) in [6, 6.07) is 12.1. The molecule has 3 N–H and O–H groups in total. The Kier molecular flexibility index (Phi) is 4.42. The molecule has 1 aromatic heterocycles. The summed E-state index contributed by atoms with van der Waals surface area (Å²) in [5, 5.41) is 0. The second kappa shape index (κ2) is 6.05. The SMILES string of the molecule is NNc1ccc(CSc2cccc(Br)c2)cn1. The van der Waals surface area contributed by atoms with Crippen molar-refractivity contribution in [3.63, 3.8) is 0 Å². The summed E-state index contributed by atoms with van der Waals surface area (Å²) in [5.41, 5.74) is 3.69. The van der Waals surface area contributed by atoms with Gasteiger partial charge in [-0.25, -0.2) is 10.8 Å². The van der Waals surface area contributed by atoms with E-state index in [-0.39, 0.29) is 0 Å². The molecule has 88 valence electrons. The van der Waals surface area contributed by atoms with Gasteiger partial charge < -0.3 is 5.43 Å². The first-order chi connectivity index (χ1) is 8.28. The van der Waals surface area contributed by atoms with Gasteiger partial charge in [0.2, 0.25) is 0 Å². The van der Waals surface area contributed by atoms with Gasteiger partial charge in [-0.2, -0.15) is 0 Å². The molecular formula is C12H12BrN3S. The average Bonchev–Trinajstić information content (AvgIpc) is 2.37. The Hall–Kier alpha value is -1.04. The summed E-state index contributed by atoms with van der Waals surface area (Å²) in [4.78, 5) is 5.40. The van der Waals surface area contributed by atoms with Crippen LogP contribution in [-0.2, 0) is 5.75 Å². The number of halogens is 1. The lowest BCUT2D eigenvalue weighted by molar-refractivity contribution is 1.19. The van der Waals surface area contributed by atoms with Gasteiger partial charge in [0.05, 0.1) is 0 Å². The molecule has 0 aliphatic carbocycles. The third-order valence-electron chi connectivity index (χ3n) is 2.17. The van der Waals surface area contributed by atoms with Crippen LogP contribution in [0.4, 0.5) is 5.82 Å². The molecule has 0 saturated heterocycles. The number of nitrogens with one attached hydrogen (secondary N) is 1. The van der Waals surface area contributed by atoms with Crippen LogP contribution in [0.2, 0.25) is 0 Å². The fourth-order valence-corrected chi connectivity index (χ4v) is 2.76. The Morgan fingerprint density at radius 2 is 2.18 bits per heavy atom. The number of hydrogen-bond acceptors (Lipinski definition) is 4. The lowest BCUT2D eigenvalue weighted by atomic mass is 10.3. The molecule has 0 amide bonds. The molecule has 3 nitrogen and oxygen atoms in total. The fourth-order valence-electron chi connectivity index (χ4n) is 1.32. The first kappa shape index (κ1) is 12.4. The van der Waals surface area contributed by atoms with Crippen molar-refractivity contribution >= 4 is 33.5 Å². The molecule has 0 saturated carbocycles. The molecular weight excluding hydrogens is 298 g/mol. The molecule has 1 aromatic carbocycles. The van der Waals surface area contributed by atoms with E-state index in [1.165, 1.54) is 10.5 Å². The molecule has 0 bridgehead atoms. The monoisotopic (exact) mass is 309 g/mol. The van der Waals surface area contributed by atoms with E-state index in [9.17, 15) is 0 Å². The van der Waals surface area contributed by atoms with Crippen LogP contribution in [0.15, 0.2) is 52.0 Å². The quantitative estimate of drug-likeness (QED) is 0.516.